The van der Waals surface area contributed by atoms with Crippen LogP contribution in [0.25, 0.3) is 6.08 Å². The molecule has 2 aromatic rings. The molecule has 4 saturated carbocycles. The van der Waals surface area contributed by atoms with E-state index in [1.54, 1.807) is 19.1 Å². The molecular formula is C32H33BrN2O7. The van der Waals surface area contributed by atoms with Crippen molar-refractivity contribution in [3.63, 3.8) is 0 Å². The van der Waals surface area contributed by atoms with Crippen LogP contribution in [0.15, 0.2) is 46.4 Å². The van der Waals surface area contributed by atoms with Crippen LogP contribution >= 0.6 is 15.9 Å². The second kappa shape index (κ2) is 11.2. The molecule has 1 N–H and O–H groups in total. The summed E-state index contributed by atoms with van der Waals surface area (Å²) in [6.07, 6.45) is 9.11. The van der Waals surface area contributed by atoms with Gasteiger partial charge >= 0.3 is 12.0 Å². The van der Waals surface area contributed by atoms with E-state index in [4.69, 9.17) is 14.2 Å². The Balaban J connectivity index is 1.25. The van der Waals surface area contributed by atoms with Crippen molar-refractivity contribution in [2.24, 2.45) is 17.8 Å². The molecule has 1 aliphatic heterocycles. The van der Waals surface area contributed by atoms with Gasteiger partial charge in [0.1, 0.15) is 5.57 Å². The number of methoxy groups -OCH3 is 1. The third-order valence-corrected chi connectivity index (χ3v) is 9.80. The van der Waals surface area contributed by atoms with Crippen molar-refractivity contribution in [2.45, 2.75) is 50.9 Å². The number of hydrogen-bond acceptors (Lipinski definition) is 7. The maximum atomic E-state index is 13.6. The minimum atomic E-state index is -0.792. The van der Waals surface area contributed by atoms with Crippen molar-refractivity contribution in [3.05, 3.63) is 57.6 Å². The summed E-state index contributed by atoms with van der Waals surface area (Å²) in [4.78, 5) is 52.0. The number of benzene rings is 2. The third-order valence-electron chi connectivity index (χ3n) is 9.11. The van der Waals surface area contributed by atoms with Crippen molar-refractivity contribution in [2.75, 3.05) is 25.2 Å². The average Bonchev–Trinajstić information content (AvgIpc) is 2.94. The number of esters is 1. The van der Waals surface area contributed by atoms with Crippen LogP contribution in [-0.4, -0.2) is 44.1 Å². The van der Waals surface area contributed by atoms with E-state index < -0.39 is 23.8 Å². The lowest BCUT2D eigenvalue weighted by atomic mass is 9.48. The summed E-state index contributed by atoms with van der Waals surface area (Å²) in [6.45, 7) is 1.63. The van der Waals surface area contributed by atoms with Crippen LogP contribution in [0.2, 0.25) is 0 Å². The number of imide groups is 2. The lowest BCUT2D eigenvalue weighted by Gasteiger charge is -2.57. The maximum Gasteiger partial charge on any atom is 0.344 e. The van der Waals surface area contributed by atoms with Crippen LogP contribution in [-0.2, 0) is 24.5 Å². The highest BCUT2D eigenvalue weighted by molar-refractivity contribution is 9.10. The second-order valence-corrected chi connectivity index (χ2v) is 12.7. The highest BCUT2D eigenvalue weighted by Crippen LogP contribution is 2.60. The van der Waals surface area contributed by atoms with Crippen molar-refractivity contribution >= 4 is 51.5 Å². The van der Waals surface area contributed by atoms with Crippen LogP contribution in [0.5, 0.6) is 11.5 Å². The first-order valence-electron chi connectivity index (χ1n) is 14.4. The molecule has 4 bridgehead atoms. The Morgan fingerprint density at radius 1 is 1.02 bits per heavy atom. The van der Waals surface area contributed by atoms with Crippen molar-refractivity contribution in [1.29, 1.82) is 0 Å². The molecule has 0 unspecified atom stereocenters. The summed E-state index contributed by atoms with van der Waals surface area (Å²) in [5.41, 5.74) is 2.12. The van der Waals surface area contributed by atoms with Gasteiger partial charge in [-0.2, -0.15) is 0 Å². The summed E-state index contributed by atoms with van der Waals surface area (Å²) in [6, 6.07) is 10.1. The van der Waals surface area contributed by atoms with Crippen LogP contribution in [0, 0.1) is 17.8 Å². The number of barbiturate groups is 1. The van der Waals surface area contributed by atoms with Crippen LogP contribution < -0.4 is 19.7 Å². The Hall–Kier alpha value is -3.66. The first-order valence-corrected chi connectivity index (χ1v) is 15.2. The van der Waals surface area contributed by atoms with E-state index in [2.05, 4.69) is 33.4 Å². The fourth-order valence-corrected chi connectivity index (χ4v) is 8.19. The topological polar surface area (TPSA) is 111 Å². The molecule has 10 heteroatoms. The SMILES string of the molecule is CCOC(=O)COc1cc(Br)c(/C=C2\C(=O)NC(=O)N(c3ccc(C45CC6CC(CC(C6)C4)C5)cc3)C2=O)cc1OC. The molecule has 0 aromatic heterocycles. The normalized spacial score (nSPS) is 27.3. The molecule has 4 amide bonds. The quantitative estimate of drug-likeness (QED) is 0.230. The number of rotatable bonds is 8. The molecule has 220 valence electrons. The van der Waals surface area contributed by atoms with Gasteiger partial charge in [0, 0.05) is 4.47 Å². The number of carbonyl (C=O) groups excluding carboxylic acids is 4. The van der Waals surface area contributed by atoms with Gasteiger partial charge in [0.15, 0.2) is 18.1 Å². The van der Waals surface area contributed by atoms with Crippen LogP contribution in [0.4, 0.5) is 10.5 Å². The molecular weight excluding hydrogens is 604 g/mol. The fraction of sp³-hybridized carbons (Fsp3) is 0.438. The van der Waals surface area contributed by atoms with Gasteiger partial charge in [-0.25, -0.2) is 14.5 Å². The van der Waals surface area contributed by atoms with Crippen LogP contribution in [0.1, 0.15) is 56.6 Å². The largest absolute Gasteiger partial charge is 0.493 e. The molecule has 42 heavy (non-hydrogen) atoms. The number of nitrogens with one attached hydrogen (secondary N) is 1. The zero-order chi connectivity index (χ0) is 29.6. The minimum absolute atomic E-state index is 0.194. The number of carbonyl (C=O) groups is 4. The Kier molecular flexibility index (Phi) is 7.59. The van der Waals surface area contributed by atoms with Crippen molar-refractivity contribution in [1.82, 2.24) is 5.32 Å². The molecule has 2 aromatic carbocycles. The number of amides is 4. The molecule has 5 fully saturated rings. The average molecular weight is 638 g/mol. The molecule has 0 spiro atoms. The summed E-state index contributed by atoms with van der Waals surface area (Å²) >= 11 is 3.44. The van der Waals surface area contributed by atoms with Gasteiger partial charge in [0.2, 0.25) is 0 Å². The number of urea groups is 1. The lowest BCUT2D eigenvalue weighted by molar-refractivity contribution is -0.145. The van der Waals surface area contributed by atoms with E-state index in [9.17, 15) is 19.2 Å². The van der Waals surface area contributed by atoms with Gasteiger partial charge < -0.3 is 14.2 Å². The van der Waals surface area contributed by atoms with Crippen molar-refractivity contribution in [3.8, 4) is 11.5 Å². The highest BCUT2D eigenvalue weighted by Gasteiger charge is 2.51. The molecule has 0 radical (unpaired) electrons. The zero-order valence-corrected chi connectivity index (χ0v) is 25.2. The summed E-state index contributed by atoms with van der Waals surface area (Å²) < 4.78 is 16.3. The predicted octanol–water partition coefficient (Wildman–Crippen LogP) is 5.53. The van der Waals surface area contributed by atoms with Crippen molar-refractivity contribution < 1.29 is 33.4 Å². The van der Waals surface area contributed by atoms with Gasteiger partial charge in [0.25, 0.3) is 11.8 Å². The number of hydrogen-bond donors (Lipinski definition) is 1. The molecule has 1 saturated heterocycles. The molecule has 9 nitrogen and oxygen atoms in total. The Labute approximate surface area is 252 Å². The highest BCUT2D eigenvalue weighted by atomic mass is 79.9. The molecule has 7 rings (SSSR count). The van der Waals surface area contributed by atoms with E-state index >= 15 is 0 Å². The Morgan fingerprint density at radius 2 is 1.67 bits per heavy atom. The van der Waals surface area contributed by atoms with E-state index in [-0.39, 0.29) is 35.7 Å². The molecule has 5 aliphatic rings. The minimum Gasteiger partial charge on any atom is -0.493 e. The van der Waals surface area contributed by atoms with Gasteiger partial charge in [-0.1, -0.05) is 28.1 Å². The fourth-order valence-electron chi connectivity index (χ4n) is 7.75. The number of anilines is 1. The second-order valence-electron chi connectivity index (χ2n) is 11.8. The number of ether oxygens (including phenoxy) is 3. The monoisotopic (exact) mass is 636 g/mol. The predicted molar refractivity (Wildman–Crippen MR) is 158 cm³/mol. The number of halogens is 1. The summed E-state index contributed by atoms with van der Waals surface area (Å²) in [5, 5.41) is 2.29. The lowest BCUT2D eigenvalue weighted by Crippen LogP contribution is -2.54. The van der Waals surface area contributed by atoms with Crippen LogP contribution in [0.3, 0.4) is 0 Å². The van der Waals surface area contributed by atoms with Gasteiger partial charge in [-0.15, -0.1) is 0 Å². The van der Waals surface area contributed by atoms with Gasteiger partial charge in [-0.3, -0.25) is 14.9 Å². The first-order chi connectivity index (χ1) is 20.2. The first kappa shape index (κ1) is 28.5. The van der Waals surface area contributed by atoms with Gasteiger partial charge in [0.05, 0.1) is 19.4 Å². The summed E-state index contributed by atoms with van der Waals surface area (Å²) in [7, 11) is 1.43. The smallest absolute Gasteiger partial charge is 0.344 e. The molecule has 4 aliphatic carbocycles. The summed E-state index contributed by atoms with van der Waals surface area (Å²) in [5.74, 6) is 0.934. The Bertz CT molecular complexity index is 1450. The van der Waals surface area contributed by atoms with Gasteiger partial charge in [-0.05, 0) is 110 Å². The third kappa shape index (κ3) is 5.21. The molecule has 0 atom stereocenters. The van der Waals surface area contributed by atoms with E-state index in [1.807, 2.05) is 12.1 Å². The molecule has 1 heterocycles. The van der Waals surface area contributed by atoms with E-state index in [1.165, 1.54) is 57.3 Å². The standard InChI is InChI=1S/C32H33BrN2O7/c1-3-41-28(36)17-42-27-13-25(33)21(12-26(27)40-2)11-24-29(37)34-31(39)35(30(24)38)23-6-4-22(5-7-23)32-14-18-8-19(15-32)10-20(9-18)16-32/h4-7,11-13,18-20H,3,8-10,14-17H2,1-2H3,(H,34,37,39)/b24-11+. The van der Waals surface area contributed by atoms with E-state index in [0.29, 0.717) is 15.7 Å². The zero-order valence-electron chi connectivity index (χ0n) is 23.6. The Morgan fingerprint density at radius 3 is 2.26 bits per heavy atom. The maximum absolute atomic E-state index is 13.6. The van der Waals surface area contributed by atoms with E-state index in [0.717, 1.165) is 22.7 Å². The number of nitrogens with zero attached hydrogens (tertiary/aromatic N) is 1.